The van der Waals surface area contributed by atoms with E-state index in [1.54, 1.807) is 0 Å². The Morgan fingerprint density at radius 1 is 0.667 bits per heavy atom. The summed E-state index contributed by atoms with van der Waals surface area (Å²) in [5.74, 6) is 0. The summed E-state index contributed by atoms with van der Waals surface area (Å²) in [6, 6.07) is 28.3. The van der Waals surface area contributed by atoms with Crippen molar-refractivity contribution in [2.24, 2.45) is 0 Å². The summed E-state index contributed by atoms with van der Waals surface area (Å²) in [7, 11) is 0. The number of benzene rings is 3. The molecule has 0 amide bonds. The Morgan fingerprint density at radius 3 is 1.83 bits per heavy atom. The third-order valence-corrected chi connectivity index (χ3v) is 9.38. The molecule has 0 saturated heterocycles. The van der Waals surface area contributed by atoms with Crippen molar-refractivity contribution in [3.8, 4) is 0 Å². The molecule has 3 rings (SSSR count). The molecule has 0 unspecified atom stereocenters. The van der Waals surface area contributed by atoms with Crippen LogP contribution >= 0.6 is 0 Å². The van der Waals surface area contributed by atoms with Crippen molar-refractivity contribution in [3.63, 3.8) is 0 Å². The van der Waals surface area contributed by atoms with E-state index in [9.17, 15) is 0 Å². The zero-order chi connectivity index (χ0) is 16.8. The van der Waals surface area contributed by atoms with Crippen molar-refractivity contribution >= 4 is 43.3 Å². The fourth-order valence-electron chi connectivity index (χ4n) is 2.35. The van der Waals surface area contributed by atoms with Crippen molar-refractivity contribution in [1.82, 2.24) is 0 Å². The Labute approximate surface area is 157 Å². The molecule has 2 heteroatoms. The molecule has 0 N–H and O–H groups in total. The Morgan fingerprint density at radius 2 is 1.21 bits per heavy atom. The van der Waals surface area contributed by atoms with Gasteiger partial charge < -0.3 is 0 Å². The molecule has 120 valence electrons. The van der Waals surface area contributed by atoms with E-state index in [1.807, 2.05) is 0 Å². The summed E-state index contributed by atoms with van der Waals surface area (Å²) >= 11 is 0.693. The van der Waals surface area contributed by atoms with Gasteiger partial charge in [-0.05, 0) is 0 Å². The first kappa shape index (κ1) is 17.3. The predicted octanol–water partition coefficient (Wildman–Crippen LogP) is 3.66. The van der Waals surface area contributed by atoms with Crippen LogP contribution in [0.2, 0.25) is 0 Å². The van der Waals surface area contributed by atoms with E-state index in [2.05, 4.69) is 97.7 Å². The van der Waals surface area contributed by atoms with Gasteiger partial charge in [-0.2, -0.15) is 0 Å². The van der Waals surface area contributed by atoms with Gasteiger partial charge in [0.15, 0.2) is 0 Å². The van der Waals surface area contributed by atoms with Crippen molar-refractivity contribution in [2.75, 3.05) is 0 Å². The summed E-state index contributed by atoms with van der Waals surface area (Å²) < 4.78 is 4.43. The molecule has 3 aromatic rings. The zero-order valence-corrected chi connectivity index (χ0v) is 17.3. The Kier molecular flexibility index (Phi) is 6.12. The van der Waals surface area contributed by atoms with Crippen LogP contribution in [0.25, 0.3) is 4.47 Å². The number of aryl methyl sites for hydroxylation is 2. The van der Waals surface area contributed by atoms with Crippen LogP contribution in [0, 0.1) is 13.8 Å². The van der Waals surface area contributed by atoms with E-state index in [-0.39, 0.29) is 0 Å². The molecule has 0 nitrogen and oxygen atoms in total. The second-order valence-electron chi connectivity index (χ2n) is 5.60. The number of hydrogen-bond donors (Lipinski definition) is 0. The van der Waals surface area contributed by atoms with Gasteiger partial charge in [-0.25, -0.2) is 0 Å². The molecule has 0 bridgehead atoms. The fourth-order valence-corrected chi connectivity index (χ4v) is 6.96. The molecule has 0 aliphatic rings. The predicted molar refractivity (Wildman–Crippen MR) is 108 cm³/mol. The van der Waals surface area contributed by atoms with Crippen LogP contribution in [0.15, 0.2) is 83.8 Å². The van der Waals surface area contributed by atoms with Crippen LogP contribution in [0.3, 0.4) is 0 Å². The van der Waals surface area contributed by atoms with Crippen LogP contribution in [0.4, 0.5) is 0 Å². The molecule has 0 saturated carbocycles. The second-order valence-corrected chi connectivity index (χ2v) is 9.78. The van der Waals surface area contributed by atoms with Gasteiger partial charge in [-0.3, -0.25) is 0 Å². The first-order chi connectivity index (χ1) is 11.7. The number of hydrogen-bond acceptors (Lipinski definition) is 0. The number of rotatable bonds is 5. The van der Waals surface area contributed by atoms with Crippen molar-refractivity contribution < 1.29 is 0 Å². The van der Waals surface area contributed by atoms with Crippen molar-refractivity contribution in [3.05, 3.63) is 101 Å². The van der Waals surface area contributed by atoms with E-state index < -0.39 is 0 Å². The zero-order valence-electron chi connectivity index (χ0n) is 13.9. The molecule has 0 fully saturated rings. The van der Waals surface area contributed by atoms with Crippen LogP contribution in [0.5, 0.6) is 0 Å². The molecule has 0 aliphatic carbocycles. The third-order valence-electron chi connectivity index (χ3n) is 3.76. The maximum atomic E-state index is 2.48. The van der Waals surface area contributed by atoms with Gasteiger partial charge in [-0.15, -0.1) is 0 Å². The van der Waals surface area contributed by atoms with Gasteiger partial charge in [-0.1, -0.05) is 0 Å². The van der Waals surface area contributed by atoms with E-state index >= 15 is 0 Å². The molecule has 0 aromatic heterocycles. The summed E-state index contributed by atoms with van der Waals surface area (Å²) in [6.07, 6.45) is 0. The first-order valence-corrected chi connectivity index (χ1v) is 11.5. The van der Waals surface area contributed by atoms with Gasteiger partial charge >= 0.3 is 158 Å². The molecule has 0 atom stereocenters. The molecule has 0 aliphatic heterocycles. The first-order valence-electron chi connectivity index (χ1n) is 7.95. The Hall–Kier alpha value is -1.56. The van der Waals surface area contributed by atoms with E-state index in [0.29, 0.717) is 29.9 Å². The molecule has 3 aromatic carbocycles. The standard InChI is InChI=1S/C22H20Se2/c1-17-10-6-8-14-20(17)23-16-22(19-12-4-3-5-13-19)24-21-15-9-7-11-18(21)2/h3-16H,1-2H3/b22-16+. The van der Waals surface area contributed by atoms with Crippen LogP contribution in [-0.2, 0) is 0 Å². The monoisotopic (exact) mass is 444 g/mol. The quantitative estimate of drug-likeness (QED) is 0.530. The van der Waals surface area contributed by atoms with Crippen LogP contribution < -0.4 is 8.92 Å². The maximum absolute atomic E-state index is 2.48. The summed E-state index contributed by atoms with van der Waals surface area (Å²) in [4.78, 5) is 2.48. The normalized spacial score (nSPS) is 11.5. The van der Waals surface area contributed by atoms with Gasteiger partial charge in [0.2, 0.25) is 0 Å². The SMILES string of the molecule is Cc1ccccc1[Se]/C=C(/[Se]c1ccccc1C)c1ccccc1. The molecule has 24 heavy (non-hydrogen) atoms. The second kappa shape index (κ2) is 8.51. The van der Waals surface area contributed by atoms with E-state index in [0.717, 1.165) is 0 Å². The fraction of sp³-hybridized carbons (Fsp3) is 0.0909. The average molecular weight is 442 g/mol. The average Bonchev–Trinajstić information content (AvgIpc) is 2.62. The molecular formula is C22H20Se2. The van der Waals surface area contributed by atoms with Crippen LogP contribution in [-0.4, -0.2) is 29.9 Å². The van der Waals surface area contributed by atoms with E-state index in [1.165, 1.54) is 30.1 Å². The van der Waals surface area contributed by atoms with Crippen molar-refractivity contribution in [2.45, 2.75) is 13.8 Å². The third kappa shape index (κ3) is 4.50. The summed E-state index contributed by atoms with van der Waals surface area (Å²) in [6.45, 7) is 4.42. The molecule has 0 radical (unpaired) electrons. The van der Waals surface area contributed by atoms with Gasteiger partial charge in [0.25, 0.3) is 0 Å². The minimum atomic E-state index is 0.330. The van der Waals surface area contributed by atoms with Gasteiger partial charge in [0, 0.05) is 0 Å². The minimum absolute atomic E-state index is 0.330. The Bertz CT molecular complexity index is 835. The molecule has 0 spiro atoms. The Balaban J connectivity index is 1.92. The topological polar surface area (TPSA) is 0 Å². The van der Waals surface area contributed by atoms with E-state index in [4.69, 9.17) is 0 Å². The summed E-state index contributed by atoms with van der Waals surface area (Å²) in [5, 5.41) is 0. The van der Waals surface area contributed by atoms with Crippen molar-refractivity contribution in [1.29, 1.82) is 0 Å². The van der Waals surface area contributed by atoms with Gasteiger partial charge in [0.05, 0.1) is 0 Å². The molecule has 0 heterocycles. The van der Waals surface area contributed by atoms with Gasteiger partial charge in [0.1, 0.15) is 0 Å². The molecular weight excluding hydrogens is 422 g/mol. The van der Waals surface area contributed by atoms with Crippen LogP contribution in [0.1, 0.15) is 16.7 Å². The summed E-state index contributed by atoms with van der Waals surface area (Å²) in [5.41, 5.74) is 4.14.